The van der Waals surface area contributed by atoms with Gasteiger partial charge in [0, 0.05) is 54.2 Å². The normalized spacial score (nSPS) is 15.9. The number of nitrogens with zero attached hydrogens (tertiary/aromatic N) is 6. The third-order valence-corrected chi connectivity index (χ3v) is 9.29. The number of imidazole rings is 1. The molecule has 5 aromatic rings. The van der Waals surface area contributed by atoms with Gasteiger partial charge in [0.05, 0.1) is 34.7 Å². The number of morpholine rings is 1. The number of ether oxygens (including phenoxy) is 1. The number of hydrogen-bond acceptors (Lipinski definition) is 7. The maximum atomic E-state index is 13.7. The molecule has 9 nitrogen and oxygen atoms in total. The van der Waals surface area contributed by atoms with Gasteiger partial charge in [0.25, 0.3) is 5.91 Å². The zero-order chi connectivity index (χ0) is 27.2. The average molecular weight is 639 g/mol. The first-order valence-corrected chi connectivity index (χ1v) is 15.2. The lowest BCUT2D eigenvalue weighted by atomic mass is 10.0. The number of halogens is 2. The number of amides is 1. The Hall–Kier alpha value is -3.25. The highest BCUT2D eigenvalue weighted by molar-refractivity contribution is 9.10. The minimum atomic E-state index is -0.773. The summed E-state index contributed by atoms with van der Waals surface area (Å²) in [5.74, 6) is -0.248. The minimum Gasteiger partial charge on any atom is -0.378 e. The lowest BCUT2D eigenvalue weighted by molar-refractivity contribution is -0.118. The molecule has 7 rings (SSSR count). The Morgan fingerprint density at radius 2 is 1.98 bits per heavy atom. The van der Waals surface area contributed by atoms with Crippen LogP contribution >= 0.6 is 38.9 Å². The SMILES string of the molecule is O=C(Nc1nccs1)C(c1ncn2c1CCC2)n1cc2c(Cl)cc(-c3ccc(N4CCOCC4)cc3)c(Br)c2n1. The third-order valence-electron chi connectivity index (χ3n) is 7.48. The third kappa shape index (κ3) is 4.60. The summed E-state index contributed by atoms with van der Waals surface area (Å²) in [6.45, 7) is 4.15. The van der Waals surface area contributed by atoms with Gasteiger partial charge >= 0.3 is 0 Å². The van der Waals surface area contributed by atoms with E-state index in [1.165, 1.54) is 17.0 Å². The number of carbonyl (C=O) groups excluding carboxylic acids is 1. The van der Waals surface area contributed by atoms with Crippen molar-refractivity contribution in [3.8, 4) is 11.1 Å². The molecule has 0 spiro atoms. The van der Waals surface area contributed by atoms with E-state index < -0.39 is 6.04 Å². The van der Waals surface area contributed by atoms with E-state index in [0.29, 0.717) is 21.4 Å². The van der Waals surface area contributed by atoms with Crippen LogP contribution in [0.25, 0.3) is 22.0 Å². The number of aryl methyl sites for hydroxylation is 1. The maximum Gasteiger partial charge on any atom is 0.257 e. The second-order valence-corrected chi connectivity index (χ2v) is 11.9. The Balaban J connectivity index is 1.28. The molecule has 0 radical (unpaired) electrons. The van der Waals surface area contributed by atoms with Gasteiger partial charge in [-0.15, -0.1) is 11.3 Å². The van der Waals surface area contributed by atoms with Crippen LogP contribution in [0.5, 0.6) is 0 Å². The van der Waals surface area contributed by atoms with Gasteiger partial charge < -0.3 is 14.2 Å². The molecule has 5 heterocycles. The Labute approximate surface area is 247 Å². The fourth-order valence-corrected chi connectivity index (χ4v) is 6.92. The second-order valence-electron chi connectivity index (χ2n) is 9.84. The van der Waals surface area contributed by atoms with Crippen molar-refractivity contribution in [3.05, 3.63) is 75.3 Å². The van der Waals surface area contributed by atoms with Gasteiger partial charge in [-0.2, -0.15) is 5.10 Å². The number of anilines is 2. The van der Waals surface area contributed by atoms with Crippen molar-refractivity contribution >= 4 is 66.5 Å². The molecule has 1 atom stereocenters. The first-order chi connectivity index (χ1) is 19.6. The van der Waals surface area contributed by atoms with E-state index in [4.69, 9.17) is 21.4 Å². The molecule has 0 aliphatic carbocycles. The van der Waals surface area contributed by atoms with E-state index in [1.54, 1.807) is 10.9 Å². The number of nitrogens with one attached hydrogen (secondary N) is 1. The zero-order valence-electron chi connectivity index (χ0n) is 21.4. The fraction of sp³-hybridized carbons (Fsp3) is 0.286. The van der Waals surface area contributed by atoms with Crippen molar-refractivity contribution in [2.24, 2.45) is 0 Å². The predicted octanol–water partition coefficient (Wildman–Crippen LogP) is 5.78. The van der Waals surface area contributed by atoms with Crippen LogP contribution < -0.4 is 10.2 Å². The predicted molar refractivity (Wildman–Crippen MR) is 160 cm³/mol. The van der Waals surface area contributed by atoms with E-state index in [1.807, 2.05) is 24.0 Å². The molecule has 2 aliphatic rings. The Morgan fingerprint density at radius 1 is 1.15 bits per heavy atom. The molecule has 0 saturated carbocycles. The van der Waals surface area contributed by atoms with Gasteiger partial charge in [0.15, 0.2) is 11.2 Å². The minimum absolute atomic E-state index is 0.248. The molecule has 40 heavy (non-hydrogen) atoms. The van der Waals surface area contributed by atoms with E-state index >= 15 is 0 Å². The van der Waals surface area contributed by atoms with E-state index in [2.05, 4.69) is 64.9 Å². The van der Waals surface area contributed by atoms with Crippen molar-refractivity contribution in [1.29, 1.82) is 0 Å². The molecule has 1 fully saturated rings. The zero-order valence-corrected chi connectivity index (χ0v) is 24.5. The number of thiazole rings is 1. The summed E-state index contributed by atoms with van der Waals surface area (Å²) in [5.41, 5.74) is 5.56. The van der Waals surface area contributed by atoms with Gasteiger partial charge in [-0.3, -0.25) is 14.8 Å². The highest BCUT2D eigenvalue weighted by Gasteiger charge is 2.32. The summed E-state index contributed by atoms with van der Waals surface area (Å²) in [6, 6.07) is 9.63. The second kappa shape index (κ2) is 10.6. The summed E-state index contributed by atoms with van der Waals surface area (Å²) in [4.78, 5) is 24.9. The summed E-state index contributed by atoms with van der Waals surface area (Å²) >= 11 is 12.0. The van der Waals surface area contributed by atoms with Gasteiger partial charge in [-0.25, -0.2) is 9.97 Å². The molecular weight excluding hydrogens is 614 g/mol. The smallest absolute Gasteiger partial charge is 0.257 e. The number of rotatable bonds is 6. The van der Waals surface area contributed by atoms with E-state index in [0.717, 1.165) is 72.4 Å². The molecule has 1 unspecified atom stereocenters. The molecule has 0 bridgehead atoms. The highest BCUT2D eigenvalue weighted by Crippen LogP contribution is 2.40. The first-order valence-electron chi connectivity index (χ1n) is 13.1. The number of hydrogen-bond donors (Lipinski definition) is 1. The van der Waals surface area contributed by atoms with Crippen molar-refractivity contribution < 1.29 is 9.53 Å². The fourth-order valence-electron chi connectivity index (χ4n) is 5.50. The first kappa shape index (κ1) is 25.7. The van der Waals surface area contributed by atoms with Crippen LogP contribution in [0.15, 0.2) is 58.9 Å². The number of carbonyl (C=O) groups is 1. The van der Waals surface area contributed by atoms with Gasteiger partial charge in [-0.05, 0) is 58.1 Å². The molecule has 1 saturated heterocycles. The topological polar surface area (TPSA) is 90.1 Å². The van der Waals surface area contributed by atoms with Crippen molar-refractivity contribution in [3.63, 3.8) is 0 Å². The van der Waals surface area contributed by atoms with E-state index in [-0.39, 0.29) is 5.91 Å². The highest BCUT2D eigenvalue weighted by atomic mass is 79.9. The molecule has 12 heteroatoms. The van der Waals surface area contributed by atoms with Crippen LogP contribution in [0, 0.1) is 0 Å². The van der Waals surface area contributed by atoms with Crippen LogP contribution in [0.3, 0.4) is 0 Å². The number of benzene rings is 2. The van der Waals surface area contributed by atoms with Gasteiger partial charge in [0.2, 0.25) is 0 Å². The van der Waals surface area contributed by atoms with Crippen LogP contribution in [-0.2, 0) is 22.5 Å². The van der Waals surface area contributed by atoms with Crippen molar-refractivity contribution in [1.82, 2.24) is 24.3 Å². The summed E-state index contributed by atoms with van der Waals surface area (Å²) in [7, 11) is 0. The van der Waals surface area contributed by atoms with Gasteiger partial charge in [-0.1, -0.05) is 23.7 Å². The van der Waals surface area contributed by atoms with Crippen LogP contribution in [-0.4, -0.2) is 56.5 Å². The molecule has 2 aromatic carbocycles. The summed E-state index contributed by atoms with van der Waals surface area (Å²) in [6.07, 6.45) is 7.20. The monoisotopic (exact) mass is 637 g/mol. The quantitative estimate of drug-likeness (QED) is 0.254. The summed E-state index contributed by atoms with van der Waals surface area (Å²) in [5, 5.41) is 11.5. The maximum absolute atomic E-state index is 13.7. The summed E-state index contributed by atoms with van der Waals surface area (Å²) < 4.78 is 10.1. The largest absolute Gasteiger partial charge is 0.378 e. The molecular formula is C28H25BrClN7O2S. The molecule has 3 aromatic heterocycles. The molecule has 2 aliphatic heterocycles. The van der Waals surface area contributed by atoms with Crippen LogP contribution in [0.4, 0.5) is 10.8 Å². The molecule has 1 amide bonds. The molecule has 204 valence electrons. The number of fused-ring (bicyclic) bond motifs is 2. The molecule has 1 N–H and O–H groups in total. The Kier molecular flexibility index (Phi) is 6.82. The van der Waals surface area contributed by atoms with Crippen molar-refractivity contribution in [2.45, 2.75) is 25.4 Å². The van der Waals surface area contributed by atoms with Crippen molar-refractivity contribution in [2.75, 3.05) is 36.5 Å². The van der Waals surface area contributed by atoms with Crippen LogP contribution in [0.2, 0.25) is 5.02 Å². The Morgan fingerprint density at radius 3 is 2.75 bits per heavy atom. The van der Waals surface area contributed by atoms with Crippen LogP contribution in [0.1, 0.15) is 23.9 Å². The Bertz CT molecular complexity index is 1690. The van der Waals surface area contributed by atoms with Gasteiger partial charge in [0.1, 0.15) is 5.52 Å². The standard InChI is InChI=1S/C28H25BrClN7O2S/c29-23-19(17-3-5-18(6-4-17)35-9-11-39-12-10-35)14-21(30)20-15-37(34-24(20)23)26(27(38)33-28-31-7-13-40-28)25-22-2-1-8-36(22)16-32-25/h3-7,13-16,26H,1-2,8-12H2,(H,31,33,38). The van der Waals surface area contributed by atoms with E-state index in [9.17, 15) is 4.79 Å². The average Bonchev–Trinajstić information content (AvgIpc) is 3.78. The lowest BCUT2D eigenvalue weighted by Crippen LogP contribution is -2.36. The number of aromatic nitrogens is 5. The lowest BCUT2D eigenvalue weighted by Gasteiger charge is -2.29.